The van der Waals surface area contributed by atoms with Crippen LogP contribution in [-0.2, 0) is 22.6 Å². The fourth-order valence-electron chi connectivity index (χ4n) is 5.05. The van der Waals surface area contributed by atoms with Crippen LogP contribution in [-0.4, -0.2) is 30.4 Å². The van der Waals surface area contributed by atoms with Gasteiger partial charge in [0.1, 0.15) is 18.1 Å². The summed E-state index contributed by atoms with van der Waals surface area (Å²) in [5.74, 6) is -0.102. The lowest BCUT2D eigenvalue weighted by atomic mass is 9.83. The molecule has 214 valence electrons. The number of methoxy groups -OCH3 is 1. The van der Waals surface area contributed by atoms with Gasteiger partial charge in [0.25, 0.3) is 0 Å². The van der Waals surface area contributed by atoms with Gasteiger partial charge in [0.2, 0.25) is 0 Å². The number of rotatable bonds is 7. The number of ketones is 1. The van der Waals surface area contributed by atoms with Crippen molar-refractivity contribution in [3.63, 3.8) is 0 Å². The van der Waals surface area contributed by atoms with Crippen molar-refractivity contribution in [2.24, 2.45) is 0 Å². The van der Waals surface area contributed by atoms with Crippen LogP contribution in [0.1, 0.15) is 56.8 Å². The molecule has 0 saturated carbocycles. The molecule has 7 nitrogen and oxygen atoms in total. The van der Waals surface area contributed by atoms with Crippen molar-refractivity contribution in [1.29, 1.82) is 0 Å². The molecule has 42 heavy (non-hydrogen) atoms. The summed E-state index contributed by atoms with van der Waals surface area (Å²) in [4.78, 5) is 38.8. The Hall–Kier alpha value is -4.91. The highest BCUT2D eigenvalue weighted by Gasteiger charge is 2.35. The lowest BCUT2D eigenvalue weighted by Crippen LogP contribution is -2.45. The van der Waals surface area contributed by atoms with Crippen molar-refractivity contribution < 1.29 is 28.6 Å². The highest BCUT2D eigenvalue weighted by Crippen LogP contribution is 2.41. The number of carbonyl (C=O) groups is 3. The molecule has 4 aromatic rings. The molecule has 0 bridgehead atoms. The minimum Gasteiger partial charge on any atom is -0.496 e. The number of aryl methyl sites for hydroxylation is 2. The van der Waals surface area contributed by atoms with E-state index < -0.39 is 17.5 Å². The lowest BCUT2D eigenvalue weighted by Gasteiger charge is -2.34. The maximum atomic E-state index is 13.0. The third-order valence-electron chi connectivity index (χ3n) is 7.59. The van der Waals surface area contributed by atoms with Gasteiger partial charge < -0.3 is 19.5 Å². The van der Waals surface area contributed by atoms with E-state index in [4.69, 9.17) is 14.2 Å². The molecular formula is C35H33NO6. The maximum Gasteiger partial charge on any atom is 0.343 e. The van der Waals surface area contributed by atoms with E-state index in [1.807, 2.05) is 64.1 Å². The second-order valence-corrected chi connectivity index (χ2v) is 11.0. The largest absolute Gasteiger partial charge is 0.496 e. The van der Waals surface area contributed by atoms with Gasteiger partial charge in [-0.3, -0.25) is 4.79 Å². The molecule has 0 spiro atoms. The lowest BCUT2D eigenvalue weighted by molar-refractivity contribution is -0.122. The van der Waals surface area contributed by atoms with Gasteiger partial charge in [-0.25, -0.2) is 9.59 Å². The molecule has 1 N–H and O–H groups in total. The van der Waals surface area contributed by atoms with Gasteiger partial charge in [-0.1, -0.05) is 42.0 Å². The summed E-state index contributed by atoms with van der Waals surface area (Å²) in [5.41, 5.74) is 5.79. The summed E-state index contributed by atoms with van der Waals surface area (Å²) in [6.45, 7) is 7.45. The Morgan fingerprint density at radius 2 is 1.60 bits per heavy atom. The summed E-state index contributed by atoms with van der Waals surface area (Å²) in [6.07, 6.45) is 0.190. The van der Waals surface area contributed by atoms with Gasteiger partial charge in [-0.15, -0.1) is 0 Å². The maximum absolute atomic E-state index is 13.0. The number of hydrogen-bond donors (Lipinski definition) is 1. The van der Waals surface area contributed by atoms with Crippen molar-refractivity contribution in [3.05, 3.63) is 112 Å². The van der Waals surface area contributed by atoms with Crippen molar-refractivity contribution in [2.45, 2.75) is 46.3 Å². The van der Waals surface area contributed by atoms with E-state index in [0.29, 0.717) is 33.8 Å². The molecule has 5 rings (SSSR count). The monoisotopic (exact) mass is 563 g/mol. The normalized spacial score (nSPS) is 13.5. The number of Topliss-reactive ketones (excluding diaryl/α,β-unsaturated/α-hetero) is 1. The topological polar surface area (TPSA) is 90.9 Å². The van der Waals surface area contributed by atoms with Crippen LogP contribution in [0.3, 0.4) is 0 Å². The van der Waals surface area contributed by atoms with E-state index in [9.17, 15) is 14.4 Å². The Kier molecular flexibility index (Phi) is 7.85. The molecule has 0 fully saturated rings. The quantitative estimate of drug-likeness (QED) is 0.194. The molecule has 4 aromatic carbocycles. The first-order chi connectivity index (χ1) is 20.1. The fourth-order valence-corrected chi connectivity index (χ4v) is 5.05. The molecule has 7 heteroatoms. The van der Waals surface area contributed by atoms with Crippen LogP contribution in [0, 0.1) is 13.8 Å². The molecule has 0 atom stereocenters. The molecule has 0 amide bonds. The van der Waals surface area contributed by atoms with Crippen molar-refractivity contribution in [2.75, 3.05) is 12.4 Å². The summed E-state index contributed by atoms with van der Waals surface area (Å²) in [5, 5.41) is 3.33. The smallest absolute Gasteiger partial charge is 0.343 e. The van der Waals surface area contributed by atoms with Crippen molar-refractivity contribution in [3.8, 4) is 22.6 Å². The van der Waals surface area contributed by atoms with E-state index in [2.05, 4.69) is 5.32 Å². The highest BCUT2D eigenvalue weighted by molar-refractivity contribution is 5.98. The standard InChI is InChI=1S/C35H33NO6/c1-21-10-12-23(13-11-21)33(38)41-20-29-26(16-17-30-28(29)19-32(37)35(3,4)36-30)27-15-14-24(18-31(27)40-5)42-34(39)25-9-7-6-8-22(25)2/h6-18,36H,19-20H2,1-5H3. The first kappa shape index (κ1) is 28.6. The fraction of sp³-hybridized carbons (Fsp3) is 0.229. The van der Waals surface area contributed by atoms with E-state index in [1.165, 1.54) is 7.11 Å². The van der Waals surface area contributed by atoms with Crippen LogP contribution in [0.2, 0.25) is 0 Å². The zero-order valence-corrected chi connectivity index (χ0v) is 24.4. The Morgan fingerprint density at radius 1 is 0.881 bits per heavy atom. The minimum atomic E-state index is -0.718. The zero-order valence-electron chi connectivity index (χ0n) is 24.4. The molecule has 0 radical (unpaired) electrons. The van der Waals surface area contributed by atoms with Gasteiger partial charge >= 0.3 is 11.9 Å². The molecule has 0 aliphatic carbocycles. The summed E-state index contributed by atoms with van der Waals surface area (Å²) < 4.78 is 17.2. The first-order valence-electron chi connectivity index (χ1n) is 13.7. The van der Waals surface area contributed by atoms with Crippen LogP contribution in [0.5, 0.6) is 11.5 Å². The summed E-state index contributed by atoms with van der Waals surface area (Å²) in [7, 11) is 1.54. The number of hydrogen-bond acceptors (Lipinski definition) is 7. The number of anilines is 1. The van der Waals surface area contributed by atoms with Crippen LogP contribution in [0.15, 0.2) is 78.9 Å². The molecule has 0 unspecified atom stereocenters. The number of carbonyl (C=O) groups excluding carboxylic acids is 3. The summed E-state index contributed by atoms with van der Waals surface area (Å²) >= 11 is 0. The van der Waals surface area contributed by atoms with Crippen LogP contribution >= 0.6 is 0 Å². The van der Waals surface area contributed by atoms with E-state index >= 15 is 0 Å². The predicted molar refractivity (Wildman–Crippen MR) is 161 cm³/mol. The molecule has 0 aromatic heterocycles. The average molecular weight is 564 g/mol. The third-order valence-corrected chi connectivity index (χ3v) is 7.59. The Labute approximate surface area is 245 Å². The Morgan fingerprint density at radius 3 is 2.31 bits per heavy atom. The van der Waals surface area contributed by atoms with Gasteiger partial charge in [0.05, 0.1) is 23.8 Å². The SMILES string of the molecule is COc1cc(OC(=O)c2ccccc2C)ccc1-c1ccc2c(c1COC(=O)c1ccc(C)cc1)CC(=O)C(C)(C)N2. The van der Waals surface area contributed by atoms with Crippen molar-refractivity contribution >= 4 is 23.4 Å². The number of fused-ring (bicyclic) bond motifs is 1. The van der Waals surface area contributed by atoms with Gasteiger partial charge in [-0.2, -0.15) is 0 Å². The number of nitrogens with one attached hydrogen (secondary N) is 1. The average Bonchev–Trinajstić information content (AvgIpc) is 2.97. The third kappa shape index (κ3) is 5.77. The molecule has 0 saturated heterocycles. The van der Waals surface area contributed by atoms with Gasteiger partial charge in [0.15, 0.2) is 5.78 Å². The van der Waals surface area contributed by atoms with E-state index in [-0.39, 0.29) is 18.8 Å². The minimum absolute atomic E-state index is 0.0312. The van der Waals surface area contributed by atoms with Crippen LogP contribution in [0.25, 0.3) is 11.1 Å². The molecule has 1 heterocycles. The summed E-state index contributed by atoms with van der Waals surface area (Å²) in [6, 6.07) is 23.4. The van der Waals surface area contributed by atoms with E-state index in [1.54, 1.807) is 42.5 Å². The molecule has 1 aliphatic heterocycles. The predicted octanol–water partition coefficient (Wildman–Crippen LogP) is 6.87. The van der Waals surface area contributed by atoms with Crippen molar-refractivity contribution in [1.82, 2.24) is 0 Å². The molecular weight excluding hydrogens is 530 g/mol. The second kappa shape index (κ2) is 11.5. The number of benzene rings is 4. The Bertz CT molecular complexity index is 1690. The van der Waals surface area contributed by atoms with E-state index in [0.717, 1.165) is 27.9 Å². The van der Waals surface area contributed by atoms with Gasteiger partial charge in [0, 0.05) is 29.3 Å². The van der Waals surface area contributed by atoms with Crippen LogP contribution < -0.4 is 14.8 Å². The van der Waals surface area contributed by atoms with Crippen LogP contribution in [0.4, 0.5) is 5.69 Å². The number of ether oxygens (including phenoxy) is 3. The zero-order chi connectivity index (χ0) is 30.0. The second-order valence-electron chi connectivity index (χ2n) is 11.0. The first-order valence-corrected chi connectivity index (χ1v) is 13.7. The number of esters is 2. The highest BCUT2D eigenvalue weighted by atomic mass is 16.5. The molecule has 1 aliphatic rings. The Balaban J connectivity index is 1.51. The van der Waals surface area contributed by atoms with Gasteiger partial charge in [-0.05, 0) is 80.8 Å².